The molecule has 4 nitrogen and oxygen atoms in total. The van der Waals surface area contributed by atoms with E-state index in [2.05, 4.69) is 223 Å². The Bertz CT molecular complexity index is 3040. The molecule has 5 heteroatoms. The number of benzene rings is 8. The molecule has 0 unspecified atom stereocenters. The third-order valence-corrected chi connectivity index (χ3v) is 12.8. The number of ether oxygens (including phenoxy) is 1. The first kappa shape index (κ1) is 33.9. The van der Waals surface area contributed by atoms with Gasteiger partial charge in [0.25, 0.3) is 6.71 Å². The van der Waals surface area contributed by atoms with Crippen molar-refractivity contribution in [2.45, 2.75) is 26.2 Å². The fourth-order valence-electron chi connectivity index (χ4n) is 10.4. The molecule has 0 amide bonds. The average Bonchev–Trinajstić information content (AvgIpc) is 3.75. The molecule has 0 atom stereocenters. The highest BCUT2D eigenvalue weighted by Crippen LogP contribution is 2.57. The van der Waals surface area contributed by atoms with E-state index in [0.29, 0.717) is 0 Å². The maximum Gasteiger partial charge on any atom is 0.256 e. The van der Waals surface area contributed by atoms with Crippen LogP contribution in [0.5, 0.6) is 11.5 Å². The van der Waals surface area contributed by atoms with Crippen LogP contribution < -0.4 is 30.9 Å². The molecular weight excluding hydrogens is 717 g/mol. The molecule has 0 saturated heterocycles. The maximum absolute atomic E-state index is 7.11. The molecular formula is C54H40BN3O. The Balaban J connectivity index is 1.16. The van der Waals surface area contributed by atoms with Gasteiger partial charge in [-0.3, -0.25) is 0 Å². The van der Waals surface area contributed by atoms with Crippen LogP contribution >= 0.6 is 0 Å². The van der Waals surface area contributed by atoms with Gasteiger partial charge in [0.1, 0.15) is 11.5 Å². The fourth-order valence-corrected chi connectivity index (χ4v) is 10.4. The topological polar surface area (TPSA) is 20.6 Å². The van der Waals surface area contributed by atoms with Gasteiger partial charge >= 0.3 is 0 Å². The summed E-state index contributed by atoms with van der Waals surface area (Å²) < 4.78 is 9.71. The van der Waals surface area contributed by atoms with Crippen molar-refractivity contribution in [3.63, 3.8) is 0 Å². The van der Waals surface area contributed by atoms with E-state index >= 15 is 0 Å². The highest BCUT2D eigenvalue weighted by Gasteiger charge is 2.47. The summed E-state index contributed by atoms with van der Waals surface area (Å²) in [6.07, 6.45) is 0. The van der Waals surface area contributed by atoms with Crippen molar-refractivity contribution >= 4 is 68.1 Å². The molecule has 9 aromatic rings. The highest BCUT2D eigenvalue weighted by atomic mass is 16.5. The lowest BCUT2D eigenvalue weighted by molar-refractivity contribution is 0.487. The van der Waals surface area contributed by atoms with E-state index in [-0.39, 0.29) is 12.1 Å². The van der Waals surface area contributed by atoms with E-state index in [4.69, 9.17) is 4.74 Å². The van der Waals surface area contributed by atoms with Crippen LogP contribution in [-0.4, -0.2) is 11.3 Å². The third-order valence-electron chi connectivity index (χ3n) is 12.8. The summed E-state index contributed by atoms with van der Waals surface area (Å²) in [6, 6.07) is 68.1. The standard InChI is InChI=1S/C54H40BN3O/c1-35-32-46-51-48(33-35)59-47-34-40(56(36-18-8-4-9-19-36)37-20-10-5-11-21-37)28-29-43(47)55(51)44-30-31-45(57(38-22-12-6-13-23-38)39-24-14-7-15-25-39)49-50-52(58(46)53(44)49)41-26-16-17-27-42(41)54(50,2)3/h4-34H,1-3H3. The van der Waals surface area contributed by atoms with Crippen LogP contribution in [0.1, 0.15) is 30.5 Å². The van der Waals surface area contributed by atoms with Crippen molar-refractivity contribution < 1.29 is 4.74 Å². The molecule has 1 aromatic heterocycles. The number of hydrogen-bond donors (Lipinski definition) is 0. The molecule has 2 aliphatic heterocycles. The molecule has 0 fully saturated rings. The summed E-state index contributed by atoms with van der Waals surface area (Å²) in [6.45, 7) is 6.99. The SMILES string of the molecule is Cc1cc2c3c(c1)-n1c4c(c5c(N(c6ccccc6)c6ccccc6)ccc(c51)B3c1ccc(N(c3ccccc3)c3ccccc3)cc1O2)C(C)(C)c1ccccc1-4. The second-order valence-electron chi connectivity index (χ2n) is 16.6. The highest BCUT2D eigenvalue weighted by molar-refractivity contribution is 6.99. The predicted octanol–water partition coefficient (Wildman–Crippen LogP) is 12.1. The van der Waals surface area contributed by atoms with E-state index in [1.54, 1.807) is 0 Å². The summed E-state index contributed by atoms with van der Waals surface area (Å²) in [5, 5.41) is 1.30. The predicted molar refractivity (Wildman–Crippen MR) is 246 cm³/mol. The molecule has 3 heterocycles. The number of para-hydroxylation sites is 4. The van der Waals surface area contributed by atoms with Gasteiger partial charge in [0.2, 0.25) is 0 Å². The molecule has 3 aliphatic rings. The van der Waals surface area contributed by atoms with Crippen LogP contribution in [0, 0.1) is 6.92 Å². The molecule has 59 heavy (non-hydrogen) atoms. The van der Waals surface area contributed by atoms with E-state index in [9.17, 15) is 0 Å². The number of nitrogens with zero attached hydrogens (tertiary/aromatic N) is 3. The van der Waals surface area contributed by atoms with Crippen molar-refractivity contribution in [3.05, 3.63) is 205 Å². The fraction of sp³-hybridized carbons (Fsp3) is 0.0741. The van der Waals surface area contributed by atoms with Gasteiger partial charge in [-0.25, -0.2) is 0 Å². The van der Waals surface area contributed by atoms with Gasteiger partial charge in [-0.1, -0.05) is 123 Å². The maximum atomic E-state index is 7.11. The molecule has 0 radical (unpaired) electrons. The second kappa shape index (κ2) is 12.6. The first-order chi connectivity index (χ1) is 29.0. The van der Waals surface area contributed by atoms with Crippen molar-refractivity contribution in [2.75, 3.05) is 9.80 Å². The van der Waals surface area contributed by atoms with Crippen molar-refractivity contribution in [1.29, 1.82) is 0 Å². The van der Waals surface area contributed by atoms with Crippen LogP contribution in [-0.2, 0) is 5.41 Å². The van der Waals surface area contributed by atoms with Crippen LogP contribution in [0.4, 0.5) is 34.1 Å². The van der Waals surface area contributed by atoms with Crippen LogP contribution in [0.15, 0.2) is 188 Å². The number of fused-ring (bicyclic) bond motifs is 9. The Kier molecular flexibility index (Phi) is 7.25. The zero-order valence-corrected chi connectivity index (χ0v) is 33.2. The van der Waals surface area contributed by atoms with Crippen molar-refractivity contribution in [1.82, 2.24) is 4.57 Å². The minimum Gasteiger partial charge on any atom is -0.458 e. The van der Waals surface area contributed by atoms with Crippen LogP contribution in [0.2, 0.25) is 0 Å². The number of aromatic nitrogens is 1. The first-order valence-corrected chi connectivity index (χ1v) is 20.6. The minimum atomic E-state index is -0.254. The summed E-state index contributed by atoms with van der Waals surface area (Å²) >= 11 is 0. The molecule has 8 aromatic carbocycles. The summed E-state index contributed by atoms with van der Waals surface area (Å²) in [4.78, 5) is 4.76. The van der Waals surface area contributed by atoms with Crippen LogP contribution in [0.3, 0.4) is 0 Å². The molecule has 0 spiro atoms. The molecule has 280 valence electrons. The van der Waals surface area contributed by atoms with Crippen LogP contribution in [0.25, 0.3) is 27.8 Å². The minimum absolute atomic E-state index is 0.0281. The Morgan fingerprint density at radius 3 is 1.71 bits per heavy atom. The second-order valence-corrected chi connectivity index (χ2v) is 16.6. The van der Waals surface area contributed by atoms with E-state index in [1.165, 1.54) is 66.6 Å². The van der Waals surface area contributed by atoms with Gasteiger partial charge in [-0.05, 0) is 113 Å². The zero-order valence-electron chi connectivity index (χ0n) is 33.2. The summed E-state index contributed by atoms with van der Waals surface area (Å²) in [5.74, 6) is 1.81. The van der Waals surface area contributed by atoms with E-state index in [1.807, 2.05) is 0 Å². The third kappa shape index (κ3) is 4.85. The molecule has 12 rings (SSSR count). The lowest BCUT2D eigenvalue weighted by Gasteiger charge is -2.36. The first-order valence-electron chi connectivity index (χ1n) is 20.6. The van der Waals surface area contributed by atoms with Crippen molar-refractivity contribution in [2.24, 2.45) is 0 Å². The Morgan fingerprint density at radius 2 is 1.08 bits per heavy atom. The van der Waals surface area contributed by atoms with Gasteiger partial charge in [0.05, 0.1) is 16.9 Å². The number of rotatable bonds is 6. The monoisotopic (exact) mass is 757 g/mol. The Hall–Kier alpha value is -7.24. The van der Waals surface area contributed by atoms with Gasteiger partial charge in [0.15, 0.2) is 0 Å². The Morgan fingerprint density at radius 1 is 0.525 bits per heavy atom. The van der Waals surface area contributed by atoms with E-state index in [0.717, 1.165) is 39.9 Å². The molecule has 0 bridgehead atoms. The lowest BCUT2D eigenvalue weighted by Crippen LogP contribution is -2.58. The van der Waals surface area contributed by atoms with E-state index < -0.39 is 0 Å². The number of anilines is 6. The lowest BCUT2D eigenvalue weighted by atomic mass is 9.34. The smallest absolute Gasteiger partial charge is 0.256 e. The van der Waals surface area contributed by atoms with Gasteiger partial charge in [0, 0.05) is 56.6 Å². The van der Waals surface area contributed by atoms with Gasteiger partial charge in [-0.2, -0.15) is 0 Å². The normalized spacial score (nSPS) is 13.6. The van der Waals surface area contributed by atoms with Gasteiger partial charge in [-0.15, -0.1) is 0 Å². The number of hydrogen-bond acceptors (Lipinski definition) is 3. The molecule has 0 N–H and O–H groups in total. The zero-order chi connectivity index (χ0) is 39.4. The quantitative estimate of drug-likeness (QED) is 0.158. The largest absolute Gasteiger partial charge is 0.458 e. The molecule has 1 aliphatic carbocycles. The summed E-state index contributed by atoms with van der Waals surface area (Å²) in [7, 11) is 0. The Labute approximate surface area is 345 Å². The summed E-state index contributed by atoms with van der Waals surface area (Å²) in [5.41, 5.74) is 19.1. The average molecular weight is 758 g/mol. The number of aryl methyl sites for hydroxylation is 1. The van der Waals surface area contributed by atoms with Gasteiger partial charge < -0.3 is 19.1 Å². The molecule has 0 saturated carbocycles. The van der Waals surface area contributed by atoms with Crippen molar-refractivity contribution in [3.8, 4) is 28.4 Å².